The number of rotatable bonds is 18. The van der Waals surface area contributed by atoms with Crippen LogP contribution < -0.4 is 19.3 Å². The minimum atomic E-state index is -1.57. The third-order valence-electron chi connectivity index (χ3n) is 31.0. The van der Waals surface area contributed by atoms with Gasteiger partial charge in [0.1, 0.15) is 62.8 Å². The first-order valence-electron chi connectivity index (χ1n) is 49.1. The average molecular weight is 1870 g/mol. The Morgan fingerprint density at radius 1 is 0.234 bits per heavy atom. The van der Waals surface area contributed by atoms with Crippen LogP contribution in [-0.2, 0) is 16.2 Å². The number of hydrogen-bond acceptors (Lipinski definition) is 6. The smallest absolute Gasteiger partial charge is 0.136 e. The molecule has 6 nitrogen and oxygen atoms in total. The van der Waals surface area contributed by atoms with Crippen molar-refractivity contribution < 1.29 is 31.5 Å². The predicted molar refractivity (Wildman–Crippen MR) is 585 cm³/mol. The molecule has 4 aliphatic carbocycles. The summed E-state index contributed by atoms with van der Waals surface area (Å²) in [5, 5.41) is 8.64. The van der Waals surface area contributed by atoms with Crippen molar-refractivity contribution in [3.8, 4) is 89.8 Å². The van der Waals surface area contributed by atoms with Gasteiger partial charge in [-0.05, 0) is 356 Å². The first-order chi connectivity index (χ1) is 71.3. The van der Waals surface area contributed by atoms with Crippen molar-refractivity contribution in [3.05, 3.63) is 575 Å². The van der Waals surface area contributed by atoms with Crippen LogP contribution in [0, 0.1) is 24.4 Å². The third-order valence-corrected chi connectivity index (χ3v) is 31.0. The number of ether oxygens (including phenoxy) is 2. The van der Waals surface area contributed by atoms with Gasteiger partial charge in [0.05, 0.1) is 16.2 Å². The Morgan fingerprint density at radius 2 is 0.524 bits per heavy atom. The molecular weight excluding hydrogens is 1780 g/mol. The van der Waals surface area contributed by atoms with Gasteiger partial charge in [-0.15, -0.1) is 0 Å². The third kappa shape index (κ3) is 12.9. The second-order valence-corrected chi connectivity index (χ2v) is 38.5. The number of anilines is 6. The zero-order valence-electron chi connectivity index (χ0n) is 78.6. The Labute approximate surface area is 835 Å². The highest BCUT2D eigenvalue weighted by atomic mass is 19.1. The normalized spacial score (nSPS) is 15.3. The Morgan fingerprint density at radius 3 is 0.890 bits per heavy atom. The fourth-order valence-electron chi connectivity index (χ4n) is 24.6. The molecule has 9 heteroatoms. The zero-order valence-corrected chi connectivity index (χ0v) is 78.6. The van der Waals surface area contributed by atoms with Gasteiger partial charge >= 0.3 is 0 Å². The van der Waals surface area contributed by atoms with Crippen LogP contribution >= 0.6 is 0 Å². The Balaban J connectivity index is 0.647. The highest BCUT2D eigenvalue weighted by Crippen LogP contribution is 2.67. The van der Waals surface area contributed by atoms with E-state index in [-0.39, 0.29) is 11.4 Å². The Hall–Kier alpha value is -18.6. The summed E-state index contributed by atoms with van der Waals surface area (Å²) in [6.45, 7) is 9.96. The summed E-state index contributed by atoms with van der Waals surface area (Å²) in [7, 11) is 0. The molecule has 3 atom stereocenters. The first kappa shape index (κ1) is 84.5. The number of hydrogen-bond donors (Lipinski definition) is 0. The minimum absolute atomic E-state index is 0.0943. The SMILES string of the molecule is C=Cc1ccc(Oc2ccc(C3(c4c(C)cccc4F)c4ccccc4-c4ccc(N(c5ccc(-c6ccc7oc8cc9ccccc9cc8c7c6)cc5)c5ccc6c(c5)C5(c7ccccc7-6)c6ccccc6-c6ccc(N(c7ccc(-c8ccc9oc%10cc%11ccccc%11cc%10c9c8)cc7)c7ccc8c(c7)C(c7ccc(Oc9ccc(C=C)cc9)cc7)(c7c(F)cccc7F)c7ccccc7-8)cc65)cc43)cc2)cc1. The van der Waals surface area contributed by atoms with Crippen LogP contribution in [0.25, 0.3) is 144 Å². The fraction of sp³-hybridized carbons (Fsp3) is 0.0294. The van der Waals surface area contributed by atoms with Crippen LogP contribution in [0.2, 0.25) is 0 Å². The van der Waals surface area contributed by atoms with E-state index in [0.717, 1.165) is 228 Å². The zero-order chi connectivity index (χ0) is 96.7. The van der Waals surface area contributed by atoms with E-state index in [9.17, 15) is 0 Å². The van der Waals surface area contributed by atoms with Crippen LogP contribution in [0.15, 0.2) is 483 Å². The first-order valence-corrected chi connectivity index (χ1v) is 49.1. The maximum absolute atomic E-state index is 18.3. The van der Waals surface area contributed by atoms with Gasteiger partial charge < -0.3 is 28.1 Å². The molecule has 145 heavy (non-hydrogen) atoms. The van der Waals surface area contributed by atoms with Gasteiger partial charge in [-0.3, -0.25) is 0 Å². The van der Waals surface area contributed by atoms with Gasteiger partial charge in [-0.2, -0.15) is 0 Å². The van der Waals surface area contributed by atoms with Gasteiger partial charge in [-0.1, -0.05) is 298 Å². The van der Waals surface area contributed by atoms with Crippen molar-refractivity contribution >= 4 is 112 Å². The maximum atomic E-state index is 18.3. The lowest BCUT2D eigenvalue weighted by molar-refractivity contribution is 0.481. The van der Waals surface area contributed by atoms with Gasteiger partial charge in [0.25, 0.3) is 0 Å². The van der Waals surface area contributed by atoms with Gasteiger partial charge in [0, 0.05) is 66.8 Å². The highest BCUT2D eigenvalue weighted by molar-refractivity contribution is 6.13. The summed E-state index contributed by atoms with van der Waals surface area (Å²) in [5.41, 5.74) is 29.1. The van der Waals surface area contributed by atoms with Crippen LogP contribution in [0.3, 0.4) is 0 Å². The topological polar surface area (TPSA) is 51.2 Å². The number of aryl methyl sites for hydroxylation is 1. The number of furan rings is 2. The molecule has 0 N–H and O–H groups in total. The lowest BCUT2D eigenvalue weighted by Crippen LogP contribution is -2.31. The molecule has 4 aliphatic rings. The highest BCUT2D eigenvalue weighted by Gasteiger charge is 2.55. The Bertz CT molecular complexity index is 8960. The standard InChI is InChI=1S/C136H85F3N2O4/c1-4-83-36-58-101(59-37-83)142-103-62-46-93(47-63-103)134(132-82(3)20-18-33-125(132)137)117-29-14-10-25-105(117)109-66-54-97(78-121(109)134)140(95-50-40-85(41-51-95)91-44-70-128-113(74-91)115-72-87-21-6-8-23-89(87)76-130(115)144-128)99-56-68-111-107-27-12-16-31-119(107)136(123(111)80-99)120-32-17-13-28-108(120)112-69-57-100(81-124(112)136)141(96-52-42-86(43-53-96)92-45-71-129-114(75-92)116-73-88-22-7-9-24-90(88)77-131(116)145-129)98-55-67-110-106-26-11-15-30-118(106)135(122(110)79-98,133-126(138)34-19-35-127(133)139)94-48-64-104(65-49-94)143-102-60-38-84(5-2)39-61-102/h4-81H,1-2H2,3H3. The molecule has 0 fully saturated rings. The quantitative estimate of drug-likeness (QED) is 0.0853. The molecule has 0 aliphatic heterocycles. The van der Waals surface area contributed by atoms with E-state index in [1.165, 1.54) is 18.2 Å². The predicted octanol–water partition coefficient (Wildman–Crippen LogP) is 36.7. The number of benzene rings is 22. The summed E-state index contributed by atoms with van der Waals surface area (Å²) in [6.07, 6.45) is 3.61. The second kappa shape index (κ2) is 32.8. The van der Waals surface area contributed by atoms with Crippen molar-refractivity contribution in [2.24, 2.45) is 0 Å². The molecular formula is C136H85F3N2O4. The number of halogens is 3. The maximum Gasteiger partial charge on any atom is 0.136 e. The van der Waals surface area contributed by atoms with E-state index in [0.29, 0.717) is 39.7 Å². The molecule has 0 saturated heterocycles. The average Bonchev–Trinajstić information content (AvgIpc) is 1.40. The molecule has 22 aromatic carbocycles. The molecule has 28 rings (SSSR count). The van der Waals surface area contributed by atoms with E-state index in [2.05, 4.69) is 344 Å². The van der Waals surface area contributed by atoms with Crippen molar-refractivity contribution in [2.75, 3.05) is 9.80 Å². The van der Waals surface area contributed by atoms with Gasteiger partial charge in [-0.25, -0.2) is 13.2 Å². The summed E-state index contributed by atoms with van der Waals surface area (Å²) < 4.78 is 80.7. The largest absolute Gasteiger partial charge is 0.457 e. The summed E-state index contributed by atoms with van der Waals surface area (Å²) in [6, 6.07) is 159. The van der Waals surface area contributed by atoms with Crippen molar-refractivity contribution in [1.82, 2.24) is 0 Å². The lowest BCUT2D eigenvalue weighted by atomic mass is 9.66. The van der Waals surface area contributed by atoms with Crippen molar-refractivity contribution in [1.29, 1.82) is 0 Å². The van der Waals surface area contributed by atoms with E-state index in [1.807, 2.05) is 128 Å². The molecule has 0 bridgehead atoms. The summed E-state index contributed by atoms with van der Waals surface area (Å²) in [4.78, 5) is 4.71. The van der Waals surface area contributed by atoms with Crippen molar-refractivity contribution in [3.63, 3.8) is 0 Å². The molecule has 0 radical (unpaired) electrons. The van der Waals surface area contributed by atoms with Crippen LogP contribution in [0.1, 0.15) is 83.5 Å². The fourth-order valence-corrected chi connectivity index (χ4v) is 24.6. The van der Waals surface area contributed by atoms with Crippen LogP contribution in [0.4, 0.5) is 47.3 Å². The molecule has 2 heterocycles. The molecule has 684 valence electrons. The van der Waals surface area contributed by atoms with Crippen molar-refractivity contribution in [2.45, 2.75) is 23.2 Å². The molecule has 1 spiro atoms. The van der Waals surface area contributed by atoms with E-state index in [4.69, 9.17) is 18.3 Å². The van der Waals surface area contributed by atoms with E-state index >= 15 is 13.2 Å². The summed E-state index contributed by atoms with van der Waals surface area (Å²) in [5.74, 6) is 0.806. The molecule has 0 saturated carbocycles. The van der Waals surface area contributed by atoms with Crippen LogP contribution in [-0.4, -0.2) is 0 Å². The summed E-state index contributed by atoms with van der Waals surface area (Å²) >= 11 is 0. The molecule has 0 amide bonds. The number of nitrogens with zero attached hydrogens (tertiary/aromatic N) is 2. The number of fused-ring (bicyclic) bond motifs is 24. The second-order valence-electron chi connectivity index (χ2n) is 38.5. The lowest BCUT2D eigenvalue weighted by Gasteiger charge is -2.36. The van der Waals surface area contributed by atoms with Gasteiger partial charge in [0.15, 0.2) is 0 Å². The van der Waals surface area contributed by atoms with E-state index in [1.54, 1.807) is 12.1 Å². The van der Waals surface area contributed by atoms with Crippen LogP contribution in [0.5, 0.6) is 23.0 Å². The monoisotopic (exact) mass is 1870 g/mol. The molecule has 24 aromatic rings. The minimum Gasteiger partial charge on any atom is -0.457 e. The molecule has 3 unspecified atom stereocenters. The Kier molecular flexibility index (Phi) is 19.1. The molecule has 2 aromatic heterocycles. The van der Waals surface area contributed by atoms with Gasteiger partial charge in [0.2, 0.25) is 0 Å². The van der Waals surface area contributed by atoms with E-state index < -0.39 is 27.9 Å².